The lowest BCUT2D eigenvalue weighted by Crippen LogP contribution is -2.24. The molecule has 0 radical (unpaired) electrons. The SMILES string of the molecule is CCOc1nc(Cl)nc(N(C)C(C)c2ccccc2Cl)n1. The number of nitrogens with zero attached hydrogens (tertiary/aromatic N) is 4. The van der Waals surface area contributed by atoms with Gasteiger partial charge in [-0.3, -0.25) is 0 Å². The molecular weight excluding hydrogens is 311 g/mol. The molecular formula is C14H16Cl2N4O. The summed E-state index contributed by atoms with van der Waals surface area (Å²) in [4.78, 5) is 14.2. The van der Waals surface area contributed by atoms with Crippen LogP contribution >= 0.6 is 23.2 Å². The van der Waals surface area contributed by atoms with E-state index in [-0.39, 0.29) is 17.3 Å². The first kappa shape index (κ1) is 15.8. The predicted molar refractivity (Wildman–Crippen MR) is 84.3 cm³/mol. The molecule has 1 aromatic heterocycles. The molecule has 0 saturated carbocycles. The van der Waals surface area contributed by atoms with Crippen LogP contribution in [0.5, 0.6) is 6.01 Å². The van der Waals surface area contributed by atoms with Crippen LogP contribution < -0.4 is 9.64 Å². The molecule has 5 nitrogen and oxygen atoms in total. The summed E-state index contributed by atoms with van der Waals surface area (Å²) in [5, 5.41) is 0.795. The molecule has 0 fully saturated rings. The molecule has 0 N–H and O–H groups in total. The van der Waals surface area contributed by atoms with Crippen LogP contribution in [0, 0.1) is 0 Å². The van der Waals surface area contributed by atoms with Crippen LogP contribution in [-0.4, -0.2) is 28.6 Å². The van der Waals surface area contributed by atoms with E-state index in [1.807, 2.05) is 50.1 Å². The zero-order chi connectivity index (χ0) is 15.4. The van der Waals surface area contributed by atoms with Crippen molar-refractivity contribution >= 4 is 29.2 Å². The van der Waals surface area contributed by atoms with Crippen molar-refractivity contribution in [2.45, 2.75) is 19.9 Å². The second-order valence-corrected chi connectivity index (χ2v) is 5.17. The summed E-state index contributed by atoms with van der Waals surface area (Å²) in [6.07, 6.45) is 0. The van der Waals surface area contributed by atoms with E-state index < -0.39 is 0 Å². The maximum atomic E-state index is 6.23. The fraction of sp³-hybridized carbons (Fsp3) is 0.357. The summed E-state index contributed by atoms with van der Waals surface area (Å²) in [5.74, 6) is 0.436. The number of aromatic nitrogens is 3. The summed E-state index contributed by atoms with van der Waals surface area (Å²) in [7, 11) is 1.87. The topological polar surface area (TPSA) is 51.1 Å². The second kappa shape index (κ2) is 6.91. The largest absolute Gasteiger partial charge is 0.464 e. The molecule has 1 atom stereocenters. The summed E-state index contributed by atoms with van der Waals surface area (Å²) in [6.45, 7) is 4.33. The minimum absolute atomic E-state index is 0.0216. The highest BCUT2D eigenvalue weighted by Crippen LogP contribution is 2.29. The first-order valence-corrected chi connectivity index (χ1v) is 7.30. The second-order valence-electron chi connectivity index (χ2n) is 4.43. The van der Waals surface area contributed by atoms with Gasteiger partial charge in [-0.25, -0.2) is 0 Å². The Morgan fingerprint density at radius 1 is 1.19 bits per heavy atom. The van der Waals surface area contributed by atoms with Gasteiger partial charge in [-0.1, -0.05) is 29.8 Å². The van der Waals surface area contributed by atoms with Crippen molar-refractivity contribution in [1.82, 2.24) is 15.0 Å². The highest BCUT2D eigenvalue weighted by atomic mass is 35.5. The van der Waals surface area contributed by atoms with Crippen LogP contribution in [0.15, 0.2) is 24.3 Å². The van der Waals surface area contributed by atoms with Crippen LogP contribution in [0.4, 0.5) is 5.95 Å². The number of benzene rings is 1. The molecule has 0 aliphatic heterocycles. The van der Waals surface area contributed by atoms with Gasteiger partial charge in [0.25, 0.3) is 0 Å². The Morgan fingerprint density at radius 3 is 2.57 bits per heavy atom. The van der Waals surface area contributed by atoms with Crippen LogP contribution in [0.2, 0.25) is 10.3 Å². The average Bonchev–Trinajstić information content (AvgIpc) is 2.46. The monoisotopic (exact) mass is 326 g/mol. The van der Waals surface area contributed by atoms with E-state index in [1.165, 1.54) is 0 Å². The lowest BCUT2D eigenvalue weighted by atomic mass is 10.1. The Morgan fingerprint density at radius 2 is 1.90 bits per heavy atom. The lowest BCUT2D eigenvalue weighted by Gasteiger charge is -2.26. The molecule has 1 heterocycles. The molecule has 0 saturated heterocycles. The van der Waals surface area contributed by atoms with Crippen LogP contribution in [0.3, 0.4) is 0 Å². The van der Waals surface area contributed by atoms with Gasteiger partial charge >= 0.3 is 6.01 Å². The maximum absolute atomic E-state index is 6.23. The van der Waals surface area contributed by atoms with Gasteiger partial charge in [0, 0.05) is 12.1 Å². The van der Waals surface area contributed by atoms with E-state index in [4.69, 9.17) is 27.9 Å². The molecule has 1 unspecified atom stereocenters. The van der Waals surface area contributed by atoms with E-state index in [9.17, 15) is 0 Å². The quantitative estimate of drug-likeness (QED) is 0.836. The van der Waals surface area contributed by atoms with E-state index in [1.54, 1.807) is 0 Å². The molecule has 0 amide bonds. The Balaban J connectivity index is 2.31. The molecule has 7 heteroatoms. The van der Waals surface area contributed by atoms with E-state index in [0.29, 0.717) is 17.6 Å². The summed E-state index contributed by atoms with van der Waals surface area (Å²) in [6, 6.07) is 7.85. The van der Waals surface area contributed by atoms with Crippen LogP contribution in [0.25, 0.3) is 0 Å². The van der Waals surface area contributed by atoms with Crippen LogP contribution in [0.1, 0.15) is 25.5 Å². The highest BCUT2D eigenvalue weighted by molar-refractivity contribution is 6.31. The fourth-order valence-electron chi connectivity index (χ4n) is 1.87. The Labute approximate surface area is 133 Å². The van der Waals surface area contributed by atoms with Crippen molar-refractivity contribution < 1.29 is 4.74 Å². The smallest absolute Gasteiger partial charge is 0.322 e. The molecule has 0 aliphatic rings. The van der Waals surface area contributed by atoms with E-state index in [2.05, 4.69) is 15.0 Å². The molecule has 21 heavy (non-hydrogen) atoms. The number of hydrogen-bond donors (Lipinski definition) is 0. The molecule has 2 rings (SSSR count). The molecule has 2 aromatic rings. The lowest BCUT2D eigenvalue weighted by molar-refractivity contribution is 0.311. The summed E-state index contributed by atoms with van der Waals surface area (Å²) < 4.78 is 5.29. The van der Waals surface area contributed by atoms with Crippen LogP contribution in [-0.2, 0) is 0 Å². The van der Waals surface area contributed by atoms with Crippen molar-refractivity contribution in [3.05, 3.63) is 40.1 Å². The fourth-order valence-corrected chi connectivity index (χ4v) is 2.31. The number of anilines is 1. The van der Waals surface area contributed by atoms with Gasteiger partial charge in [0.1, 0.15) is 0 Å². The third kappa shape index (κ3) is 3.74. The number of hydrogen-bond acceptors (Lipinski definition) is 5. The number of rotatable bonds is 5. The number of ether oxygens (including phenoxy) is 1. The zero-order valence-corrected chi connectivity index (χ0v) is 13.6. The molecule has 0 bridgehead atoms. The number of halogens is 2. The molecule has 0 spiro atoms. The van der Waals surface area contributed by atoms with Gasteiger partial charge < -0.3 is 9.64 Å². The van der Waals surface area contributed by atoms with Crippen molar-refractivity contribution in [3.8, 4) is 6.01 Å². The first-order valence-electron chi connectivity index (χ1n) is 6.54. The van der Waals surface area contributed by atoms with Gasteiger partial charge in [0.15, 0.2) is 0 Å². The van der Waals surface area contributed by atoms with Crippen molar-refractivity contribution in [2.24, 2.45) is 0 Å². The highest BCUT2D eigenvalue weighted by Gasteiger charge is 2.18. The zero-order valence-electron chi connectivity index (χ0n) is 12.0. The average molecular weight is 327 g/mol. The van der Waals surface area contributed by atoms with Crippen molar-refractivity contribution in [1.29, 1.82) is 0 Å². The van der Waals surface area contributed by atoms with Gasteiger partial charge in [0.05, 0.1) is 12.6 Å². The van der Waals surface area contributed by atoms with Crippen molar-refractivity contribution in [2.75, 3.05) is 18.6 Å². The third-order valence-corrected chi connectivity index (χ3v) is 3.61. The summed E-state index contributed by atoms with van der Waals surface area (Å²) in [5.41, 5.74) is 0.983. The Hall–Kier alpha value is -1.59. The minimum Gasteiger partial charge on any atom is -0.464 e. The van der Waals surface area contributed by atoms with Gasteiger partial charge in [-0.05, 0) is 37.1 Å². The molecule has 1 aromatic carbocycles. The third-order valence-electron chi connectivity index (χ3n) is 3.10. The summed E-state index contributed by atoms with van der Waals surface area (Å²) >= 11 is 12.1. The first-order chi connectivity index (χ1) is 10.0. The Kier molecular flexibility index (Phi) is 5.20. The van der Waals surface area contributed by atoms with Gasteiger partial charge in [-0.15, -0.1) is 0 Å². The van der Waals surface area contributed by atoms with Crippen molar-refractivity contribution in [3.63, 3.8) is 0 Å². The van der Waals surface area contributed by atoms with E-state index >= 15 is 0 Å². The minimum atomic E-state index is -0.0216. The molecule has 0 aliphatic carbocycles. The maximum Gasteiger partial charge on any atom is 0.322 e. The normalized spacial score (nSPS) is 12.0. The van der Waals surface area contributed by atoms with E-state index in [0.717, 1.165) is 5.56 Å². The van der Waals surface area contributed by atoms with Gasteiger partial charge in [0.2, 0.25) is 11.2 Å². The standard InChI is InChI=1S/C14H16Cl2N4O/c1-4-21-14-18-12(16)17-13(19-14)20(3)9(2)10-7-5-6-8-11(10)15/h5-9H,4H2,1-3H3. The molecule has 112 valence electrons. The Bertz CT molecular complexity index is 624. The predicted octanol–water partition coefficient (Wildman–Crippen LogP) is 3.77. The van der Waals surface area contributed by atoms with Gasteiger partial charge in [-0.2, -0.15) is 15.0 Å².